The molecule has 24 heavy (non-hydrogen) atoms. The highest BCUT2D eigenvalue weighted by Gasteiger charge is 2.59. The molecule has 0 heterocycles. The lowest BCUT2D eigenvalue weighted by atomic mass is 9.61. The number of benzene rings is 1. The molecule has 0 bridgehead atoms. The number of halogens is 1. The highest BCUT2D eigenvalue weighted by atomic mass is 79.9. The molecule has 2 amide bonds. The molecule has 1 aromatic carbocycles. The summed E-state index contributed by atoms with van der Waals surface area (Å²) in [5.41, 5.74) is 9.15. The summed E-state index contributed by atoms with van der Waals surface area (Å²) in [5.74, 6) is -0.477. The van der Waals surface area contributed by atoms with Crippen LogP contribution in [0.25, 0.3) is 0 Å². The Morgan fingerprint density at radius 1 is 1.08 bits per heavy atom. The molecule has 0 radical (unpaired) electrons. The highest BCUT2D eigenvalue weighted by Crippen LogP contribution is 2.47. The molecule has 0 aromatic heterocycles. The minimum Gasteiger partial charge on any atom is -0.432 e. The summed E-state index contributed by atoms with van der Waals surface area (Å²) >= 11 is 3.32. The van der Waals surface area contributed by atoms with E-state index in [1.165, 1.54) is 0 Å². The number of hydrogen-bond donors (Lipinski definition) is 3. The third-order valence-electron chi connectivity index (χ3n) is 3.95. The Labute approximate surface area is 151 Å². The second kappa shape index (κ2) is 6.63. The van der Waals surface area contributed by atoms with Gasteiger partial charge in [0, 0.05) is 15.3 Å². The van der Waals surface area contributed by atoms with Crippen molar-refractivity contribution in [2.24, 2.45) is 16.6 Å². The SMILES string of the molecule is CC(C)(C)C(OC(N)=O)(C(=O)Nc1ccc(Br)cc1N)C(C)(C)C. The van der Waals surface area contributed by atoms with Crippen LogP contribution in [-0.4, -0.2) is 17.6 Å². The number of carbonyl (C=O) groups is 2. The maximum absolute atomic E-state index is 13.2. The number of ether oxygens (including phenoxy) is 1. The summed E-state index contributed by atoms with van der Waals surface area (Å²) in [7, 11) is 0. The topological polar surface area (TPSA) is 107 Å². The first-order chi connectivity index (χ1) is 10.7. The second-order valence-corrected chi connectivity index (χ2v) is 8.70. The highest BCUT2D eigenvalue weighted by molar-refractivity contribution is 9.10. The van der Waals surface area contributed by atoms with Gasteiger partial charge < -0.3 is 21.5 Å². The Bertz CT molecular complexity index is 631. The van der Waals surface area contributed by atoms with Gasteiger partial charge in [-0.05, 0) is 18.2 Å². The molecular weight excluding hydrogens is 374 g/mol. The lowest BCUT2D eigenvalue weighted by Gasteiger charge is -2.50. The van der Waals surface area contributed by atoms with Crippen LogP contribution in [0.2, 0.25) is 0 Å². The van der Waals surface area contributed by atoms with Crippen LogP contribution in [0.5, 0.6) is 0 Å². The minimum absolute atomic E-state index is 0.397. The van der Waals surface area contributed by atoms with Gasteiger partial charge in [0.25, 0.3) is 5.91 Å². The van der Waals surface area contributed by atoms with E-state index in [1.54, 1.807) is 18.2 Å². The summed E-state index contributed by atoms with van der Waals surface area (Å²) in [4.78, 5) is 24.8. The number of amides is 2. The van der Waals surface area contributed by atoms with Crippen molar-refractivity contribution < 1.29 is 14.3 Å². The van der Waals surface area contributed by atoms with Gasteiger partial charge in [-0.25, -0.2) is 4.79 Å². The third kappa shape index (κ3) is 3.83. The van der Waals surface area contributed by atoms with E-state index in [0.717, 1.165) is 4.47 Å². The monoisotopic (exact) mass is 399 g/mol. The predicted octanol–water partition coefficient (Wildman–Crippen LogP) is 3.90. The molecular formula is C17H26BrN3O3. The van der Waals surface area contributed by atoms with Gasteiger partial charge >= 0.3 is 6.09 Å². The van der Waals surface area contributed by atoms with Crippen molar-refractivity contribution >= 4 is 39.3 Å². The zero-order valence-electron chi connectivity index (χ0n) is 15.0. The van der Waals surface area contributed by atoms with E-state index < -0.39 is 28.4 Å². The van der Waals surface area contributed by atoms with E-state index in [9.17, 15) is 9.59 Å². The second-order valence-electron chi connectivity index (χ2n) is 7.79. The minimum atomic E-state index is -1.49. The van der Waals surface area contributed by atoms with Gasteiger partial charge in [0.15, 0.2) is 0 Å². The van der Waals surface area contributed by atoms with Crippen LogP contribution in [0.3, 0.4) is 0 Å². The molecule has 0 unspecified atom stereocenters. The Morgan fingerprint density at radius 3 is 1.96 bits per heavy atom. The van der Waals surface area contributed by atoms with Gasteiger partial charge in [-0.3, -0.25) is 4.79 Å². The maximum Gasteiger partial charge on any atom is 0.405 e. The molecule has 0 fully saturated rings. The van der Waals surface area contributed by atoms with Crippen molar-refractivity contribution in [3.8, 4) is 0 Å². The number of nitrogens with one attached hydrogen (secondary N) is 1. The molecule has 0 saturated carbocycles. The van der Waals surface area contributed by atoms with Gasteiger partial charge in [0.1, 0.15) is 0 Å². The first-order valence-corrected chi connectivity index (χ1v) is 8.36. The molecule has 0 aliphatic heterocycles. The van der Waals surface area contributed by atoms with Crippen LogP contribution in [-0.2, 0) is 9.53 Å². The standard InChI is InChI=1S/C17H26BrN3O3/c1-15(2,3)17(16(4,5)6,24-14(20)23)13(22)21-12-8-7-10(18)9-11(12)19/h7-9H,19H2,1-6H3,(H2,20,23)(H,21,22). The molecule has 0 aliphatic carbocycles. The van der Waals surface area contributed by atoms with E-state index in [2.05, 4.69) is 21.2 Å². The van der Waals surface area contributed by atoms with E-state index in [4.69, 9.17) is 16.2 Å². The van der Waals surface area contributed by atoms with Crippen molar-refractivity contribution in [2.75, 3.05) is 11.1 Å². The van der Waals surface area contributed by atoms with Crippen LogP contribution in [0.15, 0.2) is 22.7 Å². The van der Waals surface area contributed by atoms with Gasteiger partial charge in [0.2, 0.25) is 5.60 Å². The van der Waals surface area contributed by atoms with Crippen molar-refractivity contribution in [3.63, 3.8) is 0 Å². The molecule has 7 heteroatoms. The Kier molecular flexibility index (Phi) is 5.60. The number of nitrogen functional groups attached to an aromatic ring is 1. The van der Waals surface area contributed by atoms with E-state index in [1.807, 2.05) is 41.5 Å². The number of primary amides is 1. The molecule has 0 aliphatic rings. The largest absolute Gasteiger partial charge is 0.432 e. The van der Waals surface area contributed by atoms with Crippen LogP contribution < -0.4 is 16.8 Å². The number of carbonyl (C=O) groups excluding carboxylic acids is 2. The quantitative estimate of drug-likeness (QED) is 0.669. The zero-order valence-corrected chi connectivity index (χ0v) is 16.6. The van der Waals surface area contributed by atoms with Crippen molar-refractivity contribution in [2.45, 2.75) is 47.1 Å². The molecule has 0 saturated heterocycles. The number of hydrogen-bond acceptors (Lipinski definition) is 4. The zero-order chi connectivity index (χ0) is 18.9. The lowest BCUT2D eigenvalue weighted by molar-refractivity contribution is -0.167. The molecule has 0 atom stereocenters. The van der Waals surface area contributed by atoms with Gasteiger partial charge in [0.05, 0.1) is 11.4 Å². The number of anilines is 2. The first-order valence-electron chi connectivity index (χ1n) is 7.57. The fourth-order valence-electron chi connectivity index (χ4n) is 3.17. The van der Waals surface area contributed by atoms with Crippen LogP contribution >= 0.6 is 15.9 Å². The molecule has 5 N–H and O–H groups in total. The number of nitrogens with two attached hydrogens (primary N) is 2. The normalized spacial score (nSPS) is 12.6. The maximum atomic E-state index is 13.2. The molecule has 1 rings (SSSR count). The van der Waals surface area contributed by atoms with Crippen LogP contribution in [0, 0.1) is 10.8 Å². The average Bonchev–Trinajstić information content (AvgIpc) is 2.35. The first kappa shape index (κ1) is 20.3. The summed E-state index contributed by atoms with van der Waals surface area (Å²) in [6.45, 7) is 11.0. The molecule has 1 aromatic rings. The van der Waals surface area contributed by atoms with Gasteiger partial charge in [-0.2, -0.15) is 0 Å². The summed E-state index contributed by atoms with van der Waals surface area (Å²) in [6, 6.07) is 5.12. The van der Waals surface area contributed by atoms with Crippen molar-refractivity contribution in [3.05, 3.63) is 22.7 Å². The van der Waals surface area contributed by atoms with E-state index >= 15 is 0 Å². The fourth-order valence-corrected chi connectivity index (χ4v) is 3.55. The Hall–Kier alpha value is -1.76. The number of rotatable bonds is 3. The van der Waals surface area contributed by atoms with Crippen LogP contribution in [0.4, 0.5) is 16.2 Å². The van der Waals surface area contributed by atoms with Gasteiger partial charge in [-0.15, -0.1) is 0 Å². The third-order valence-corrected chi connectivity index (χ3v) is 4.44. The van der Waals surface area contributed by atoms with Crippen molar-refractivity contribution in [1.29, 1.82) is 0 Å². The van der Waals surface area contributed by atoms with Crippen molar-refractivity contribution in [1.82, 2.24) is 0 Å². The predicted molar refractivity (Wildman–Crippen MR) is 99.5 cm³/mol. The smallest absolute Gasteiger partial charge is 0.405 e. The summed E-state index contributed by atoms with van der Waals surface area (Å²) < 4.78 is 6.24. The fraction of sp³-hybridized carbons (Fsp3) is 0.529. The van der Waals surface area contributed by atoms with E-state index in [0.29, 0.717) is 11.4 Å². The lowest BCUT2D eigenvalue weighted by Crippen LogP contribution is -2.64. The Balaban J connectivity index is 3.42. The van der Waals surface area contributed by atoms with Crippen LogP contribution in [0.1, 0.15) is 41.5 Å². The molecule has 0 spiro atoms. The Morgan fingerprint density at radius 2 is 1.58 bits per heavy atom. The summed E-state index contributed by atoms with van der Waals surface area (Å²) in [5, 5.41) is 2.78. The van der Waals surface area contributed by atoms with Gasteiger partial charge in [-0.1, -0.05) is 57.5 Å². The van der Waals surface area contributed by atoms with E-state index in [-0.39, 0.29) is 0 Å². The summed E-state index contributed by atoms with van der Waals surface area (Å²) in [6.07, 6.45) is -1.00. The molecule has 6 nitrogen and oxygen atoms in total. The molecule has 134 valence electrons. The average molecular weight is 400 g/mol.